The number of piperazine rings is 1. The van der Waals surface area contributed by atoms with Crippen molar-refractivity contribution in [2.24, 2.45) is 5.16 Å². The maximum Gasteiger partial charge on any atom is 0.417 e. The number of pyridine rings is 1. The Morgan fingerprint density at radius 1 is 1.24 bits per heavy atom. The largest absolute Gasteiger partial charge is 0.417 e. The Hall–Kier alpha value is -3.03. The molecule has 2 aromatic rings. The lowest BCUT2D eigenvalue weighted by atomic mass is 10.0. The van der Waals surface area contributed by atoms with Gasteiger partial charge in [-0.3, -0.25) is 4.79 Å². The molecule has 1 aromatic heterocycles. The summed E-state index contributed by atoms with van der Waals surface area (Å²) in [7, 11) is 0. The number of benzene rings is 1. The van der Waals surface area contributed by atoms with Crippen LogP contribution in [0.5, 0.6) is 0 Å². The normalized spacial score (nSPS) is 15.4. The molecular formula is C21H18Cl2F3N5O2. The van der Waals surface area contributed by atoms with Crippen molar-refractivity contribution in [2.45, 2.75) is 12.1 Å². The maximum atomic E-state index is 12.8. The number of hydrogen-bond donors (Lipinski definition) is 0. The summed E-state index contributed by atoms with van der Waals surface area (Å²) in [4.78, 5) is 24.5. The highest BCUT2D eigenvalue weighted by Gasteiger charge is 2.32. The van der Waals surface area contributed by atoms with E-state index in [0.717, 1.165) is 12.3 Å². The molecule has 12 heteroatoms. The van der Waals surface area contributed by atoms with Crippen LogP contribution in [0.1, 0.15) is 17.0 Å². The second-order valence-electron chi connectivity index (χ2n) is 7.08. The van der Waals surface area contributed by atoms with Gasteiger partial charge in [-0.2, -0.15) is 18.4 Å². The van der Waals surface area contributed by atoms with Crippen molar-refractivity contribution in [3.8, 4) is 6.07 Å². The van der Waals surface area contributed by atoms with Crippen molar-refractivity contribution in [3.63, 3.8) is 0 Å². The molecule has 0 bridgehead atoms. The van der Waals surface area contributed by atoms with E-state index in [2.05, 4.69) is 16.2 Å². The summed E-state index contributed by atoms with van der Waals surface area (Å²) < 4.78 is 38.3. The monoisotopic (exact) mass is 499 g/mol. The van der Waals surface area contributed by atoms with E-state index in [9.17, 15) is 23.2 Å². The van der Waals surface area contributed by atoms with Crippen LogP contribution in [-0.4, -0.2) is 54.8 Å². The van der Waals surface area contributed by atoms with E-state index < -0.39 is 17.7 Å². The summed E-state index contributed by atoms with van der Waals surface area (Å²) in [5, 5.41) is 13.4. The molecule has 1 aliphatic rings. The van der Waals surface area contributed by atoms with Gasteiger partial charge in [0.2, 0.25) is 0 Å². The minimum absolute atomic E-state index is 0.102. The minimum atomic E-state index is -4.52. The van der Waals surface area contributed by atoms with Crippen LogP contribution in [0.2, 0.25) is 10.0 Å². The number of oxime groups is 1. The predicted octanol–water partition coefficient (Wildman–Crippen LogP) is 4.37. The summed E-state index contributed by atoms with van der Waals surface area (Å²) in [6.45, 7) is 1.02. The van der Waals surface area contributed by atoms with Crippen molar-refractivity contribution >= 4 is 41.1 Å². The smallest absolute Gasteiger partial charge is 0.386 e. The van der Waals surface area contributed by atoms with Crippen LogP contribution in [0.3, 0.4) is 0 Å². The predicted molar refractivity (Wildman–Crippen MR) is 117 cm³/mol. The number of amides is 1. The SMILES string of the molecule is N#CC(C=NOCC(=O)N1CCN(c2ncc(C(F)(F)F)cc2Cl)CC1)c1ccc(Cl)cc1. The molecule has 33 heavy (non-hydrogen) atoms. The molecule has 1 aromatic carbocycles. The molecule has 1 saturated heterocycles. The van der Waals surface area contributed by atoms with E-state index in [1.807, 2.05) is 0 Å². The Bertz CT molecular complexity index is 1050. The first-order valence-electron chi connectivity index (χ1n) is 9.75. The van der Waals surface area contributed by atoms with Gasteiger partial charge in [-0.05, 0) is 23.8 Å². The molecule has 0 aliphatic carbocycles. The Morgan fingerprint density at radius 2 is 1.91 bits per heavy atom. The second-order valence-corrected chi connectivity index (χ2v) is 7.92. The number of halogens is 5. The highest BCUT2D eigenvalue weighted by Crippen LogP contribution is 2.33. The van der Waals surface area contributed by atoms with Crippen molar-refractivity contribution in [2.75, 3.05) is 37.7 Å². The number of alkyl halides is 3. The first kappa shape index (κ1) is 24.6. The quantitative estimate of drug-likeness (QED) is 0.435. The van der Waals surface area contributed by atoms with Crippen molar-refractivity contribution in [1.82, 2.24) is 9.88 Å². The first-order valence-corrected chi connectivity index (χ1v) is 10.5. The van der Waals surface area contributed by atoms with Crippen LogP contribution < -0.4 is 4.90 Å². The van der Waals surface area contributed by atoms with Crippen molar-refractivity contribution < 1.29 is 22.8 Å². The molecule has 174 valence electrons. The molecular weight excluding hydrogens is 482 g/mol. The van der Waals surface area contributed by atoms with Crippen LogP contribution in [0.25, 0.3) is 0 Å². The zero-order valence-corrected chi connectivity index (χ0v) is 18.6. The summed E-state index contributed by atoms with van der Waals surface area (Å²) in [5.74, 6) is -0.720. The van der Waals surface area contributed by atoms with Gasteiger partial charge in [0.25, 0.3) is 5.91 Å². The average Bonchev–Trinajstić information content (AvgIpc) is 2.79. The van der Waals surface area contributed by atoms with Gasteiger partial charge in [-0.25, -0.2) is 4.98 Å². The molecule has 1 unspecified atom stereocenters. The van der Waals surface area contributed by atoms with E-state index in [0.29, 0.717) is 36.8 Å². The van der Waals surface area contributed by atoms with E-state index in [4.69, 9.17) is 28.0 Å². The van der Waals surface area contributed by atoms with Gasteiger partial charge in [-0.15, -0.1) is 0 Å². The molecule has 0 saturated carbocycles. The fourth-order valence-corrected chi connectivity index (χ4v) is 3.55. The lowest BCUT2D eigenvalue weighted by molar-refractivity contribution is -0.138. The summed E-state index contributed by atoms with van der Waals surface area (Å²) in [6.07, 6.45) is -2.49. The van der Waals surface area contributed by atoms with Gasteiger partial charge in [0, 0.05) is 37.4 Å². The number of aromatic nitrogens is 1. The molecule has 1 aliphatic heterocycles. The lowest BCUT2D eigenvalue weighted by Crippen LogP contribution is -2.50. The number of carbonyl (C=O) groups excluding carboxylic acids is 1. The van der Waals surface area contributed by atoms with Crippen LogP contribution in [-0.2, 0) is 15.8 Å². The number of anilines is 1. The molecule has 0 radical (unpaired) electrons. The number of nitriles is 1. The molecule has 0 N–H and O–H groups in total. The highest BCUT2D eigenvalue weighted by atomic mass is 35.5. The van der Waals surface area contributed by atoms with Crippen LogP contribution in [0.15, 0.2) is 41.7 Å². The van der Waals surface area contributed by atoms with Crippen molar-refractivity contribution in [3.05, 3.63) is 57.7 Å². The molecule has 7 nitrogen and oxygen atoms in total. The number of carbonyl (C=O) groups is 1. The average molecular weight is 500 g/mol. The fourth-order valence-electron chi connectivity index (χ4n) is 3.14. The summed E-state index contributed by atoms with van der Waals surface area (Å²) in [6, 6.07) is 9.63. The van der Waals surface area contributed by atoms with E-state index in [1.54, 1.807) is 34.1 Å². The standard InChI is InChI=1S/C21H18Cl2F3N5O2/c22-17-3-1-14(2-4-17)15(10-27)11-29-33-13-19(32)30-5-7-31(8-6-30)20-18(23)9-16(12-28-20)21(24,25)26/h1-4,9,11-12,15H,5-8,13H2. The molecule has 1 amide bonds. The fraction of sp³-hybridized carbons (Fsp3) is 0.333. The van der Waals surface area contributed by atoms with Gasteiger partial charge in [0.1, 0.15) is 11.7 Å². The number of rotatable bonds is 6. The molecule has 1 fully saturated rings. The van der Waals surface area contributed by atoms with Crippen LogP contribution in [0.4, 0.5) is 19.0 Å². The van der Waals surface area contributed by atoms with Gasteiger partial charge < -0.3 is 14.6 Å². The Morgan fingerprint density at radius 3 is 2.48 bits per heavy atom. The first-order chi connectivity index (χ1) is 15.7. The van der Waals surface area contributed by atoms with Gasteiger partial charge in [0.05, 0.1) is 22.9 Å². The van der Waals surface area contributed by atoms with Crippen LogP contribution >= 0.6 is 23.2 Å². The van der Waals surface area contributed by atoms with Gasteiger partial charge >= 0.3 is 6.18 Å². The third-order valence-electron chi connectivity index (χ3n) is 4.92. The Kier molecular flexibility index (Phi) is 8.00. The molecule has 2 heterocycles. The third-order valence-corrected chi connectivity index (χ3v) is 5.45. The molecule has 3 rings (SSSR count). The zero-order chi connectivity index (χ0) is 24.0. The third kappa shape index (κ3) is 6.49. The highest BCUT2D eigenvalue weighted by molar-refractivity contribution is 6.33. The van der Waals surface area contributed by atoms with E-state index in [1.165, 1.54) is 6.21 Å². The number of nitrogens with zero attached hydrogens (tertiary/aromatic N) is 5. The van der Waals surface area contributed by atoms with Crippen molar-refractivity contribution in [1.29, 1.82) is 5.26 Å². The minimum Gasteiger partial charge on any atom is -0.386 e. The van der Waals surface area contributed by atoms with E-state index >= 15 is 0 Å². The second kappa shape index (κ2) is 10.7. The topological polar surface area (TPSA) is 81.8 Å². The Balaban J connectivity index is 1.48. The van der Waals surface area contributed by atoms with Crippen LogP contribution in [0, 0.1) is 11.3 Å². The number of hydrogen-bond acceptors (Lipinski definition) is 6. The van der Waals surface area contributed by atoms with Gasteiger partial charge in [-0.1, -0.05) is 40.5 Å². The Labute approximate surface area is 197 Å². The van der Waals surface area contributed by atoms with E-state index in [-0.39, 0.29) is 23.4 Å². The molecule has 1 atom stereocenters. The van der Waals surface area contributed by atoms with Gasteiger partial charge in [0.15, 0.2) is 6.61 Å². The lowest BCUT2D eigenvalue weighted by Gasteiger charge is -2.35. The molecule has 0 spiro atoms. The summed E-state index contributed by atoms with van der Waals surface area (Å²) in [5.41, 5.74) is -0.232. The zero-order valence-electron chi connectivity index (χ0n) is 17.1. The summed E-state index contributed by atoms with van der Waals surface area (Å²) >= 11 is 11.8. The maximum absolute atomic E-state index is 12.8.